The molecule has 5 nitrogen and oxygen atoms in total. The van der Waals surface area contributed by atoms with Gasteiger partial charge in [0, 0.05) is 22.8 Å². The van der Waals surface area contributed by atoms with Crippen LogP contribution in [0.2, 0.25) is 5.02 Å². The molecule has 0 aliphatic heterocycles. The number of nitrogens with one attached hydrogen (secondary N) is 1. The van der Waals surface area contributed by atoms with Crippen molar-refractivity contribution in [2.24, 2.45) is 0 Å². The lowest BCUT2D eigenvalue weighted by molar-refractivity contribution is 0.102. The van der Waals surface area contributed by atoms with Crippen molar-refractivity contribution in [1.82, 2.24) is 4.98 Å². The Bertz CT molecular complexity index is 679. The zero-order valence-corrected chi connectivity index (χ0v) is 13.7. The van der Waals surface area contributed by atoms with Crippen LogP contribution in [0.1, 0.15) is 10.5 Å². The van der Waals surface area contributed by atoms with Gasteiger partial charge >= 0.3 is 0 Å². The van der Waals surface area contributed by atoms with Crippen molar-refractivity contribution in [3.8, 4) is 11.5 Å². The van der Waals surface area contributed by atoms with Gasteiger partial charge in [0.1, 0.15) is 17.2 Å². The number of amides is 1. The molecular formula is C14H12BrClN2O3. The van der Waals surface area contributed by atoms with E-state index in [4.69, 9.17) is 21.1 Å². The molecule has 2 rings (SSSR count). The zero-order chi connectivity index (χ0) is 15.4. The highest BCUT2D eigenvalue weighted by atomic mass is 79.9. The van der Waals surface area contributed by atoms with E-state index in [-0.39, 0.29) is 11.6 Å². The smallest absolute Gasteiger partial charge is 0.275 e. The maximum atomic E-state index is 12.3. The van der Waals surface area contributed by atoms with Crippen molar-refractivity contribution in [3.05, 3.63) is 45.7 Å². The molecule has 0 unspecified atom stereocenters. The Balaban J connectivity index is 2.35. The Kier molecular flexibility index (Phi) is 5.03. The molecule has 0 aliphatic rings. The molecule has 1 N–H and O–H groups in total. The highest BCUT2D eigenvalue weighted by molar-refractivity contribution is 9.10. The molecule has 0 radical (unpaired) electrons. The lowest BCUT2D eigenvalue weighted by Crippen LogP contribution is -2.15. The summed E-state index contributed by atoms with van der Waals surface area (Å²) >= 11 is 9.31. The van der Waals surface area contributed by atoms with Crippen LogP contribution in [0.3, 0.4) is 0 Å². The van der Waals surface area contributed by atoms with Gasteiger partial charge in [0.25, 0.3) is 5.91 Å². The summed E-state index contributed by atoms with van der Waals surface area (Å²) in [5, 5.41) is 3.12. The monoisotopic (exact) mass is 370 g/mol. The lowest BCUT2D eigenvalue weighted by Gasteiger charge is -2.13. The topological polar surface area (TPSA) is 60.5 Å². The van der Waals surface area contributed by atoms with E-state index in [0.29, 0.717) is 26.7 Å². The zero-order valence-electron chi connectivity index (χ0n) is 11.3. The molecule has 21 heavy (non-hydrogen) atoms. The molecule has 1 aromatic carbocycles. The van der Waals surface area contributed by atoms with Gasteiger partial charge in [-0.2, -0.15) is 0 Å². The molecule has 0 atom stereocenters. The fourth-order valence-corrected chi connectivity index (χ4v) is 2.36. The van der Waals surface area contributed by atoms with Crippen molar-refractivity contribution in [2.45, 2.75) is 0 Å². The number of ether oxygens (including phenoxy) is 2. The molecule has 2 aromatic rings. The van der Waals surface area contributed by atoms with Crippen molar-refractivity contribution in [3.63, 3.8) is 0 Å². The number of nitrogens with zero attached hydrogens (tertiary/aromatic N) is 1. The van der Waals surface area contributed by atoms with Gasteiger partial charge in [-0.05, 0) is 28.1 Å². The first-order valence-electron chi connectivity index (χ1n) is 5.90. The summed E-state index contributed by atoms with van der Waals surface area (Å²) in [7, 11) is 2.99. The number of rotatable bonds is 4. The van der Waals surface area contributed by atoms with Crippen molar-refractivity contribution < 1.29 is 14.3 Å². The average Bonchev–Trinajstić information content (AvgIpc) is 2.48. The molecule has 0 aliphatic carbocycles. The number of pyridine rings is 1. The van der Waals surface area contributed by atoms with Crippen LogP contribution in [-0.4, -0.2) is 25.1 Å². The van der Waals surface area contributed by atoms with Gasteiger partial charge in [-0.1, -0.05) is 11.6 Å². The summed E-state index contributed by atoms with van der Waals surface area (Å²) in [5.41, 5.74) is 0.717. The first-order valence-corrected chi connectivity index (χ1v) is 7.07. The molecule has 0 fully saturated rings. The highest BCUT2D eigenvalue weighted by Crippen LogP contribution is 2.36. The molecule has 7 heteroatoms. The van der Waals surface area contributed by atoms with Gasteiger partial charge in [0.2, 0.25) is 0 Å². The summed E-state index contributed by atoms with van der Waals surface area (Å²) < 4.78 is 10.9. The maximum Gasteiger partial charge on any atom is 0.275 e. The Morgan fingerprint density at radius 1 is 1.29 bits per heavy atom. The number of benzene rings is 1. The predicted molar refractivity (Wildman–Crippen MR) is 84.4 cm³/mol. The molecule has 1 heterocycles. The van der Waals surface area contributed by atoms with Gasteiger partial charge in [-0.15, -0.1) is 0 Å². The van der Waals surface area contributed by atoms with Crippen LogP contribution in [0.15, 0.2) is 34.9 Å². The summed E-state index contributed by atoms with van der Waals surface area (Å²) in [5.74, 6) is 0.499. The van der Waals surface area contributed by atoms with E-state index in [1.54, 1.807) is 30.5 Å². The van der Waals surface area contributed by atoms with E-state index < -0.39 is 0 Å². The van der Waals surface area contributed by atoms with Crippen LogP contribution in [0.5, 0.6) is 11.5 Å². The number of aromatic nitrogens is 1. The predicted octanol–water partition coefficient (Wildman–Crippen LogP) is 3.77. The standard InChI is InChI=1S/C14H12BrClN2O3/c1-20-11-7-10(12(21-2)6-9(11)16)18-14(19)13-8(15)4-3-5-17-13/h3-7H,1-2H3,(H,18,19). The van der Waals surface area contributed by atoms with Gasteiger partial charge in [0.05, 0.1) is 24.9 Å². The van der Waals surface area contributed by atoms with Crippen molar-refractivity contribution in [2.75, 3.05) is 19.5 Å². The second-order valence-corrected chi connectivity index (χ2v) is 5.24. The minimum Gasteiger partial charge on any atom is -0.495 e. The number of carbonyl (C=O) groups is 1. The van der Waals surface area contributed by atoms with Crippen molar-refractivity contribution in [1.29, 1.82) is 0 Å². The van der Waals surface area contributed by atoms with Gasteiger partial charge in [-0.25, -0.2) is 4.98 Å². The van der Waals surface area contributed by atoms with E-state index >= 15 is 0 Å². The molecule has 0 saturated carbocycles. The molecule has 110 valence electrons. The summed E-state index contributed by atoms with van der Waals surface area (Å²) in [6.45, 7) is 0. The normalized spacial score (nSPS) is 10.1. The first kappa shape index (κ1) is 15.6. The number of methoxy groups -OCH3 is 2. The summed E-state index contributed by atoms with van der Waals surface area (Å²) in [4.78, 5) is 16.3. The van der Waals surface area contributed by atoms with Crippen molar-refractivity contribution >= 4 is 39.1 Å². The fraction of sp³-hybridized carbons (Fsp3) is 0.143. The average molecular weight is 372 g/mol. The highest BCUT2D eigenvalue weighted by Gasteiger charge is 2.16. The molecule has 1 amide bonds. The van der Waals surface area contributed by atoms with Gasteiger partial charge in [-0.3, -0.25) is 4.79 Å². The van der Waals surface area contributed by atoms with Gasteiger partial charge in [0.15, 0.2) is 0 Å². The second-order valence-electron chi connectivity index (χ2n) is 3.97. The number of halogens is 2. The van der Waals surface area contributed by atoms with Crippen LogP contribution in [0.4, 0.5) is 5.69 Å². The second kappa shape index (κ2) is 6.78. The van der Waals surface area contributed by atoms with Crippen LogP contribution in [0, 0.1) is 0 Å². The molecular weight excluding hydrogens is 360 g/mol. The molecule has 0 bridgehead atoms. The van der Waals surface area contributed by atoms with E-state index in [1.807, 2.05) is 0 Å². The lowest BCUT2D eigenvalue weighted by atomic mass is 10.2. The van der Waals surface area contributed by atoms with Crippen LogP contribution >= 0.6 is 27.5 Å². The third-order valence-electron chi connectivity index (χ3n) is 2.70. The Morgan fingerprint density at radius 3 is 2.62 bits per heavy atom. The molecule has 1 aromatic heterocycles. The molecule has 0 saturated heterocycles. The number of hydrogen-bond donors (Lipinski definition) is 1. The summed E-state index contributed by atoms with van der Waals surface area (Å²) in [6.07, 6.45) is 1.54. The minimum absolute atomic E-state index is 0.272. The third-order valence-corrected chi connectivity index (χ3v) is 3.63. The largest absolute Gasteiger partial charge is 0.495 e. The Labute approximate surface area is 135 Å². The SMILES string of the molecule is COc1cc(NC(=O)c2ncccc2Br)c(OC)cc1Cl. The minimum atomic E-state index is -0.370. The first-order chi connectivity index (χ1) is 10.1. The van der Waals surface area contributed by atoms with E-state index in [2.05, 4.69) is 26.2 Å². The van der Waals surface area contributed by atoms with E-state index in [0.717, 1.165) is 0 Å². The number of hydrogen-bond acceptors (Lipinski definition) is 4. The Hall–Kier alpha value is -1.79. The van der Waals surface area contributed by atoms with Crippen LogP contribution < -0.4 is 14.8 Å². The Morgan fingerprint density at radius 2 is 2.00 bits per heavy atom. The van der Waals surface area contributed by atoms with E-state index in [1.165, 1.54) is 14.2 Å². The van der Waals surface area contributed by atoms with E-state index in [9.17, 15) is 4.79 Å². The fourth-order valence-electron chi connectivity index (χ4n) is 1.69. The third kappa shape index (κ3) is 3.46. The summed E-state index contributed by atoms with van der Waals surface area (Å²) in [6, 6.07) is 6.63. The van der Waals surface area contributed by atoms with Crippen LogP contribution in [-0.2, 0) is 0 Å². The molecule has 0 spiro atoms. The van der Waals surface area contributed by atoms with Gasteiger partial charge < -0.3 is 14.8 Å². The van der Waals surface area contributed by atoms with Crippen LogP contribution in [0.25, 0.3) is 0 Å². The number of anilines is 1. The maximum absolute atomic E-state index is 12.3. The quantitative estimate of drug-likeness (QED) is 0.889. The number of carbonyl (C=O) groups excluding carboxylic acids is 1.